The van der Waals surface area contributed by atoms with Crippen LogP contribution in [0, 0.1) is 5.82 Å². The van der Waals surface area contributed by atoms with Crippen molar-refractivity contribution in [3.8, 4) is 11.5 Å². The van der Waals surface area contributed by atoms with Crippen LogP contribution < -0.4 is 9.47 Å². The van der Waals surface area contributed by atoms with Gasteiger partial charge in [0.2, 0.25) is 0 Å². The standard InChI is InChI=1S/C25H27FN2O6/c1-32-18-7-8-19(20(15-18)33-2)22-21(23(29)16-3-5-17(26)6-4-16)24(30)25(31)28(22)10-9-27-11-13-34-14-12-27/h3-8,15,22,29H,9-14H2,1-2H3. The second kappa shape index (κ2) is 10.2. The Kier molecular flexibility index (Phi) is 7.14. The summed E-state index contributed by atoms with van der Waals surface area (Å²) in [6, 6.07) is 9.31. The Labute approximate surface area is 197 Å². The number of nitrogens with zero attached hydrogens (tertiary/aromatic N) is 2. The molecule has 34 heavy (non-hydrogen) atoms. The Morgan fingerprint density at radius 3 is 2.41 bits per heavy atom. The van der Waals surface area contributed by atoms with Crippen LogP contribution in [0.15, 0.2) is 48.0 Å². The van der Waals surface area contributed by atoms with Crippen LogP contribution in [0.1, 0.15) is 17.2 Å². The molecule has 0 bridgehead atoms. The minimum Gasteiger partial charge on any atom is -0.507 e. The van der Waals surface area contributed by atoms with Gasteiger partial charge >= 0.3 is 0 Å². The molecule has 2 heterocycles. The van der Waals surface area contributed by atoms with Crippen LogP contribution in [0.3, 0.4) is 0 Å². The molecule has 2 aliphatic heterocycles. The van der Waals surface area contributed by atoms with Crippen molar-refractivity contribution in [1.29, 1.82) is 0 Å². The number of aliphatic hydroxyl groups is 1. The van der Waals surface area contributed by atoms with E-state index in [1.54, 1.807) is 18.2 Å². The van der Waals surface area contributed by atoms with E-state index in [2.05, 4.69) is 4.90 Å². The fraction of sp³-hybridized carbons (Fsp3) is 0.360. The van der Waals surface area contributed by atoms with E-state index < -0.39 is 23.5 Å². The van der Waals surface area contributed by atoms with Crippen molar-refractivity contribution in [3.63, 3.8) is 0 Å². The van der Waals surface area contributed by atoms with Crippen molar-refractivity contribution < 1.29 is 33.3 Å². The van der Waals surface area contributed by atoms with E-state index in [0.29, 0.717) is 36.8 Å². The normalized spacial score (nSPS) is 20.6. The molecule has 9 heteroatoms. The number of ketones is 1. The molecule has 180 valence electrons. The van der Waals surface area contributed by atoms with E-state index in [4.69, 9.17) is 14.2 Å². The summed E-state index contributed by atoms with van der Waals surface area (Å²) in [5, 5.41) is 11.1. The molecular formula is C25H27FN2O6. The lowest BCUT2D eigenvalue weighted by Gasteiger charge is -2.31. The summed E-state index contributed by atoms with van der Waals surface area (Å²) < 4.78 is 29.7. The van der Waals surface area contributed by atoms with Crippen LogP contribution in [-0.4, -0.2) is 80.2 Å². The lowest BCUT2D eigenvalue weighted by atomic mass is 9.94. The lowest BCUT2D eigenvalue weighted by molar-refractivity contribution is -0.140. The zero-order valence-corrected chi connectivity index (χ0v) is 19.1. The van der Waals surface area contributed by atoms with E-state index in [9.17, 15) is 19.1 Å². The number of rotatable bonds is 7. The molecule has 1 unspecified atom stereocenters. The number of morpholine rings is 1. The van der Waals surface area contributed by atoms with Gasteiger partial charge in [-0.3, -0.25) is 14.5 Å². The second-order valence-electron chi connectivity index (χ2n) is 8.06. The number of carbonyl (C=O) groups excluding carboxylic acids is 2. The first-order valence-electron chi connectivity index (χ1n) is 11.0. The monoisotopic (exact) mass is 470 g/mol. The van der Waals surface area contributed by atoms with E-state index >= 15 is 0 Å². The van der Waals surface area contributed by atoms with Crippen LogP contribution in [0.2, 0.25) is 0 Å². The predicted molar refractivity (Wildman–Crippen MR) is 122 cm³/mol. The zero-order chi connectivity index (χ0) is 24.2. The molecule has 0 aromatic heterocycles. The maximum absolute atomic E-state index is 13.4. The van der Waals surface area contributed by atoms with E-state index in [1.165, 1.54) is 43.4 Å². The molecule has 2 aromatic rings. The van der Waals surface area contributed by atoms with Gasteiger partial charge in [0, 0.05) is 43.4 Å². The van der Waals surface area contributed by atoms with E-state index in [1.807, 2.05) is 0 Å². The SMILES string of the molecule is COc1ccc(C2C(=C(O)c3ccc(F)cc3)C(=O)C(=O)N2CCN2CCOCC2)c(OC)c1. The van der Waals surface area contributed by atoms with Crippen molar-refractivity contribution in [1.82, 2.24) is 9.80 Å². The Morgan fingerprint density at radius 1 is 1.06 bits per heavy atom. The Balaban J connectivity index is 1.79. The van der Waals surface area contributed by atoms with Crippen LogP contribution in [-0.2, 0) is 14.3 Å². The van der Waals surface area contributed by atoms with Gasteiger partial charge in [0.05, 0.1) is 39.0 Å². The van der Waals surface area contributed by atoms with Gasteiger partial charge in [-0.1, -0.05) is 0 Å². The van der Waals surface area contributed by atoms with Crippen LogP contribution in [0.4, 0.5) is 4.39 Å². The van der Waals surface area contributed by atoms with E-state index in [-0.39, 0.29) is 23.4 Å². The molecule has 2 aromatic carbocycles. The number of methoxy groups -OCH3 is 2. The first kappa shape index (κ1) is 23.7. The molecular weight excluding hydrogens is 443 g/mol. The van der Waals surface area contributed by atoms with Gasteiger partial charge in [-0.05, 0) is 36.4 Å². The number of amides is 1. The summed E-state index contributed by atoms with van der Waals surface area (Å²) in [5.41, 5.74) is 0.709. The number of halogens is 1. The number of Topliss-reactive ketones (excluding diaryl/α,β-unsaturated/α-hetero) is 1. The predicted octanol–water partition coefficient (Wildman–Crippen LogP) is 2.60. The van der Waals surface area contributed by atoms with Gasteiger partial charge in [0.25, 0.3) is 11.7 Å². The van der Waals surface area contributed by atoms with Gasteiger partial charge in [0.15, 0.2) is 0 Å². The zero-order valence-electron chi connectivity index (χ0n) is 19.1. The third kappa shape index (κ3) is 4.62. The van der Waals surface area contributed by atoms with Crippen molar-refractivity contribution >= 4 is 17.4 Å². The third-order valence-electron chi connectivity index (χ3n) is 6.15. The molecule has 2 saturated heterocycles. The topological polar surface area (TPSA) is 88.5 Å². The van der Waals surface area contributed by atoms with Gasteiger partial charge in [-0.2, -0.15) is 0 Å². The van der Waals surface area contributed by atoms with E-state index in [0.717, 1.165) is 13.1 Å². The number of hydrogen-bond acceptors (Lipinski definition) is 7. The Morgan fingerprint density at radius 2 is 1.76 bits per heavy atom. The number of hydrogen-bond donors (Lipinski definition) is 1. The maximum atomic E-state index is 13.4. The van der Waals surface area contributed by atoms with Crippen LogP contribution >= 0.6 is 0 Å². The fourth-order valence-corrected chi connectivity index (χ4v) is 4.32. The molecule has 1 atom stereocenters. The lowest BCUT2D eigenvalue weighted by Crippen LogP contribution is -2.42. The number of aliphatic hydroxyl groups excluding tert-OH is 1. The summed E-state index contributed by atoms with van der Waals surface area (Å²) in [7, 11) is 3.01. The molecule has 0 aliphatic carbocycles. The number of carbonyl (C=O) groups is 2. The van der Waals surface area contributed by atoms with Gasteiger partial charge in [-0.25, -0.2) is 4.39 Å². The van der Waals surface area contributed by atoms with Gasteiger partial charge < -0.3 is 24.2 Å². The largest absolute Gasteiger partial charge is 0.507 e. The second-order valence-corrected chi connectivity index (χ2v) is 8.06. The molecule has 2 aliphatic rings. The number of likely N-dealkylation sites (tertiary alicyclic amines) is 1. The highest BCUT2D eigenvalue weighted by Gasteiger charge is 2.47. The number of benzene rings is 2. The smallest absolute Gasteiger partial charge is 0.295 e. The van der Waals surface area contributed by atoms with Crippen molar-refractivity contribution in [2.45, 2.75) is 6.04 Å². The minimum atomic E-state index is -0.882. The minimum absolute atomic E-state index is 0.0675. The summed E-state index contributed by atoms with van der Waals surface area (Å²) >= 11 is 0. The van der Waals surface area contributed by atoms with Gasteiger partial charge in [0.1, 0.15) is 23.1 Å². The first-order valence-corrected chi connectivity index (χ1v) is 11.0. The van der Waals surface area contributed by atoms with Crippen molar-refractivity contribution in [3.05, 3.63) is 65.0 Å². The number of ether oxygens (including phenoxy) is 3. The summed E-state index contributed by atoms with van der Waals surface area (Å²) in [6.45, 7) is 3.50. The average molecular weight is 470 g/mol. The molecule has 0 radical (unpaired) electrons. The molecule has 1 amide bonds. The van der Waals surface area contributed by atoms with Crippen LogP contribution in [0.25, 0.3) is 5.76 Å². The van der Waals surface area contributed by atoms with Crippen molar-refractivity contribution in [2.24, 2.45) is 0 Å². The molecule has 4 rings (SSSR count). The van der Waals surface area contributed by atoms with Crippen molar-refractivity contribution in [2.75, 3.05) is 53.6 Å². The fourth-order valence-electron chi connectivity index (χ4n) is 4.32. The Hall–Kier alpha value is -3.43. The highest BCUT2D eigenvalue weighted by molar-refractivity contribution is 6.46. The summed E-state index contributed by atoms with van der Waals surface area (Å²) in [5.74, 6) is -1.39. The highest BCUT2D eigenvalue weighted by atomic mass is 19.1. The first-order chi connectivity index (χ1) is 16.4. The summed E-state index contributed by atoms with van der Waals surface area (Å²) in [4.78, 5) is 29.9. The maximum Gasteiger partial charge on any atom is 0.295 e. The average Bonchev–Trinajstić information content (AvgIpc) is 3.12. The molecule has 2 fully saturated rings. The quantitative estimate of drug-likeness (QED) is 0.378. The molecule has 0 saturated carbocycles. The van der Waals surface area contributed by atoms with Gasteiger partial charge in [-0.15, -0.1) is 0 Å². The Bertz CT molecular complexity index is 1100. The molecule has 1 N–H and O–H groups in total. The molecule has 8 nitrogen and oxygen atoms in total. The summed E-state index contributed by atoms with van der Waals surface area (Å²) in [6.07, 6.45) is 0. The molecule has 0 spiro atoms. The highest BCUT2D eigenvalue weighted by Crippen LogP contribution is 2.43. The van der Waals surface area contributed by atoms with Crippen LogP contribution in [0.5, 0.6) is 11.5 Å². The third-order valence-corrected chi connectivity index (χ3v) is 6.15.